The Balaban J connectivity index is 1.93. The highest BCUT2D eigenvalue weighted by Gasteiger charge is 2.17. The zero-order valence-electron chi connectivity index (χ0n) is 17.5. The van der Waals surface area contributed by atoms with E-state index in [0.29, 0.717) is 6.54 Å². The largest absolute Gasteiger partial charge is 0.378 e. The van der Waals surface area contributed by atoms with Crippen molar-refractivity contribution in [1.29, 1.82) is 0 Å². The van der Waals surface area contributed by atoms with Crippen LogP contribution in [0.3, 0.4) is 0 Å². The summed E-state index contributed by atoms with van der Waals surface area (Å²) in [6.07, 6.45) is 0. The standard InChI is InChI=1S/C21H30N4O3S/c1-5-25(14-17-6-10-19(11-7-17)24(3)4)15-21(26)23-16(2)18-8-12-20(13-9-18)29(22,27)28/h6-13,16H,5,14-15H2,1-4H3,(H,23,26)(H2,22,27,28)/p+1/t16-/m0/s1. The van der Waals surface area contributed by atoms with Gasteiger partial charge in [-0.1, -0.05) is 24.3 Å². The molecule has 2 aromatic carbocycles. The van der Waals surface area contributed by atoms with E-state index in [0.717, 1.165) is 29.2 Å². The van der Waals surface area contributed by atoms with Crippen molar-refractivity contribution in [2.75, 3.05) is 32.1 Å². The molecule has 2 atom stereocenters. The van der Waals surface area contributed by atoms with Gasteiger partial charge in [0.15, 0.2) is 6.54 Å². The van der Waals surface area contributed by atoms with Gasteiger partial charge in [0, 0.05) is 25.3 Å². The molecule has 0 aliphatic rings. The molecule has 158 valence electrons. The number of amides is 1. The first-order valence-electron chi connectivity index (χ1n) is 9.62. The number of carbonyl (C=O) groups excluding carboxylic acids is 1. The summed E-state index contributed by atoms with van der Waals surface area (Å²) in [5, 5.41) is 8.10. The number of carbonyl (C=O) groups is 1. The quantitative estimate of drug-likeness (QED) is 0.557. The molecule has 0 aliphatic carbocycles. The van der Waals surface area contributed by atoms with Crippen molar-refractivity contribution in [1.82, 2.24) is 5.32 Å². The van der Waals surface area contributed by atoms with Crippen LogP contribution in [-0.4, -0.2) is 41.5 Å². The number of hydrogen-bond acceptors (Lipinski definition) is 4. The van der Waals surface area contributed by atoms with E-state index < -0.39 is 10.0 Å². The van der Waals surface area contributed by atoms with Crippen LogP contribution in [0.1, 0.15) is 31.0 Å². The van der Waals surface area contributed by atoms with Crippen molar-refractivity contribution in [3.63, 3.8) is 0 Å². The SMILES string of the molecule is CC[NH+](CC(=O)N[C@@H](C)c1ccc(S(N)(=O)=O)cc1)Cc1ccc(N(C)C)cc1. The number of likely N-dealkylation sites (N-methyl/N-ethyl adjacent to an activating group) is 1. The Morgan fingerprint density at radius 3 is 2.17 bits per heavy atom. The van der Waals surface area contributed by atoms with Crippen LogP contribution in [0.2, 0.25) is 0 Å². The predicted octanol–water partition coefficient (Wildman–Crippen LogP) is 0.682. The van der Waals surface area contributed by atoms with Crippen LogP contribution in [-0.2, 0) is 21.4 Å². The summed E-state index contributed by atoms with van der Waals surface area (Å²) in [6.45, 7) is 5.91. The molecule has 4 N–H and O–H groups in total. The minimum absolute atomic E-state index is 0.0465. The first-order valence-corrected chi connectivity index (χ1v) is 11.2. The Morgan fingerprint density at radius 1 is 1.10 bits per heavy atom. The second kappa shape index (κ2) is 9.87. The van der Waals surface area contributed by atoms with Crippen LogP contribution < -0.4 is 20.3 Å². The molecule has 7 nitrogen and oxygen atoms in total. The highest BCUT2D eigenvalue weighted by Crippen LogP contribution is 2.15. The number of rotatable bonds is 9. The van der Waals surface area contributed by atoms with Crippen LogP contribution in [0, 0.1) is 0 Å². The Labute approximate surface area is 173 Å². The van der Waals surface area contributed by atoms with Gasteiger partial charge < -0.3 is 15.1 Å². The molecule has 0 saturated carbocycles. The fraction of sp³-hybridized carbons (Fsp3) is 0.381. The van der Waals surface area contributed by atoms with Gasteiger partial charge in [-0.05, 0) is 43.7 Å². The number of benzene rings is 2. The summed E-state index contributed by atoms with van der Waals surface area (Å²) in [4.78, 5) is 15.8. The summed E-state index contributed by atoms with van der Waals surface area (Å²) in [5.74, 6) is -0.0465. The van der Waals surface area contributed by atoms with Crippen LogP contribution >= 0.6 is 0 Å². The highest BCUT2D eigenvalue weighted by atomic mass is 32.2. The first kappa shape index (κ1) is 22.9. The number of hydrogen-bond donors (Lipinski definition) is 3. The van der Waals surface area contributed by atoms with Gasteiger partial charge in [0.2, 0.25) is 10.0 Å². The zero-order valence-corrected chi connectivity index (χ0v) is 18.3. The number of nitrogens with two attached hydrogens (primary N) is 1. The van der Waals surface area contributed by atoms with Gasteiger partial charge in [0.05, 0.1) is 17.5 Å². The topological polar surface area (TPSA) is 96.9 Å². The van der Waals surface area contributed by atoms with Crippen molar-refractivity contribution in [3.8, 4) is 0 Å². The van der Waals surface area contributed by atoms with Crippen LogP contribution in [0.15, 0.2) is 53.4 Å². The molecule has 2 rings (SSSR count). The van der Waals surface area contributed by atoms with Crippen molar-refractivity contribution in [2.24, 2.45) is 5.14 Å². The number of nitrogens with one attached hydrogen (secondary N) is 2. The van der Waals surface area contributed by atoms with Crippen molar-refractivity contribution < 1.29 is 18.1 Å². The van der Waals surface area contributed by atoms with E-state index in [1.165, 1.54) is 17.7 Å². The molecule has 0 saturated heterocycles. The van der Waals surface area contributed by atoms with Crippen molar-refractivity contribution >= 4 is 21.6 Å². The second-order valence-corrected chi connectivity index (χ2v) is 8.98. The Bertz CT molecular complexity index is 910. The number of sulfonamides is 1. The third-order valence-corrected chi connectivity index (χ3v) is 5.83. The molecule has 1 amide bonds. The second-order valence-electron chi connectivity index (χ2n) is 7.42. The minimum Gasteiger partial charge on any atom is -0.378 e. The van der Waals surface area contributed by atoms with Crippen LogP contribution in [0.5, 0.6) is 0 Å². The number of nitrogens with zero attached hydrogens (tertiary/aromatic N) is 1. The van der Waals surface area contributed by atoms with E-state index in [-0.39, 0.29) is 16.8 Å². The molecule has 8 heteroatoms. The smallest absolute Gasteiger partial charge is 0.275 e. The summed E-state index contributed by atoms with van der Waals surface area (Å²) in [7, 11) is 0.295. The van der Waals surface area contributed by atoms with E-state index in [4.69, 9.17) is 5.14 Å². The molecule has 29 heavy (non-hydrogen) atoms. The fourth-order valence-corrected chi connectivity index (χ4v) is 3.58. The van der Waals surface area contributed by atoms with Gasteiger partial charge in [0.1, 0.15) is 6.54 Å². The van der Waals surface area contributed by atoms with Gasteiger partial charge in [0.25, 0.3) is 5.91 Å². The average molecular weight is 420 g/mol. The Kier molecular flexibility index (Phi) is 7.78. The third kappa shape index (κ3) is 6.85. The summed E-state index contributed by atoms with van der Waals surface area (Å²) in [6, 6.07) is 14.4. The van der Waals surface area contributed by atoms with E-state index in [2.05, 4.69) is 41.4 Å². The molecule has 0 aromatic heterocycles. The zero-order chi connectivity index (χ0) is 21.6. The summed E-state index contributed by atoms with van der Waals surface area (Å²) in [5.41, 5.74) is 3.15. The Hall–Kier alpha value is -2.42. The van der Waals surface area contributed by atoms with Crippen LogP contribution in [0.4, 0.5) is 5.69 Å². The summed E-state index contributed by atoms with van der Waals surface area (Å²) < 4.78 is 22.7. The van der Waals surface area contributed by atoms with E-state index >= 15 is 0 Å². The minimum atomic E-state index is -3.72. The lowest BCUT2D eigenvalue weighted by atomic mass is 10.1. The van der Waals surface area contributed by atoms with Crippen molar-refractivity contribution in [3.05, 3.63) is 59.7 Å². The van der Waals surface area contributed by atoms with Gasteiger partial charge in [-0.15, -0.1) is 0 Å². The molecule has 0 aliphatic heterocycles. The molecule has 0 spiro atoms. The molecule has 0 radical (unpaired) electrons. The maximum Gasteiger partial charge on any atom is 0.275 e. The lowest BCUT2D eigenvalue weighted by Gasteiger charge is -2.20. The van der Waals surface area contributed by atoms with E-state index in [1.54, 1.807) is 12.1 Å². The molecule has 0 fully saturated rings. The number of quaternary nitrogens is 1. The van der Waals surface area contributed by atoms with E-state index in [9.17, 15) is 13.2 Å². The number of anilines is 1. The predicted molar refractivity (Wildman–Crippen MR) is 115 cm³/mol. The average Bonchev–Trinajstić information content (AvgIpc) is 2.67. The molecular formula is C21H31N4O3S+. The molecular weight excluding hydrogens is 388 g/mol. The maximum atomic E-state index is 12.5. The van der Waals surface area contributed by atoms with E-state index in [1.807, 2.05) is 21.0 Å². The van der Waals surface area contributed by atoms with Crippen molar-refractivity contribution in [2.45, 2.75) is 31.3 Å². The lowest BCUT2D eigenvalue weighted by molar-refractivity contribution is -0.904. The van der Waals surface area contributed by atoms with Gasteiger partial charge in [-0.25, -0.2) is 13.6 Å². The molecule has 2 aromatic rings. The van der Waals surface area contributed by atoms with Gasteiger partial charge in [-0.3, -0.25) is 4.79 Å². The Morgan fingerprint density at radius 2 is 1.69 bits per heavy atom. The summed E-state index contributed by atoms with van der Waals surface area (Å²) >= 11 is 0. The third-order valence-electron chi connectivity index (χ3n) is 4.90. The van der Waals surface area contributed by atoms with Crippen LogP contribution in [0.25, 0.3) is 0 Å². The van der Waals surface area contributed by atoms with Gasteiger partial charge in [-0.2, -0.15) is 0 Å². The normalized spacial score (nSPS) is 13.6. The monoisotopic (exact) mass is 419 g/mol. The fourth-order valence-electron chi connectivity index (χ4n) is 3.06. The number of primary sulfonamides is 1. The molecule has 1 unspecified atom stereocenters. The van der Waals surface area contributed by atoms with Gasteiger partial charge >= 0.3 is 0 Å². The molecule has 0 bridgehead atoms. The molecule has 0 heterocycles. The first-order chi connectivity index (χ1) is 13.6. The highest BCUT2D eigenvalue weighted by molar-refractivity contribution is 7.89. The lowest BCUT2D eigenvalue weighted by Crippen LogP contribution is -3.11. The maximum absolute atomic E-state index is 12.5.